The largest absolute Gasteiger partial charge is 0.508 e. The van der Waals surface area contributed by atoms with Crippen LogP contribution in [0, 0.1) is 0 Å². The molecular formula is C21H15Br2ClO5. The van der Waals surface area contributed by atoms with Crippen molar-refractivity contribution in [3.8, 4) is 17.2 Å². The fraction of sp³-hybridized carbons (Fsp3) is 0.0952. The lowest BCUT2D eigenvalue weighted by Gasteiger charge is -2.14. The van der Waals surface area contributed by atoms with Gasteiger partial charge in [-0.15, -0.1) is 0 Å². The van der Waals surface area contributed by atoms with Gasteiger partial charge < -0.3 is 20.4 Å². The van der Waals surface area contributed by atoms with Crippen LogP contribution in [0.5, 0.6) is 17.2 Å². The van der Waals surface area contributed by atoms with Crippen molar-refractivity contribution in [1.82, 2.24) is 0 Å². The van der Waals surface area contributed by atoms with E-state index in [9.17, 15) is 25.2 Å². The lowest BCUT2D eigenvalue weighted by molar-refractivity contribution is 0.0693. The van der Waals surface area contributed by atoms with E-state index in [2.05, 4.69) is 31.9 Å². The molecule has 4 N–H and O–H groups in total. The van der Waals surface area contributed by atoms with Gasteiger partial charge in [0, 0.05) is 43.5 Å². The summed E-state index contributed by atoms with van der Waals surface area (Å²) in [5, 5.41) is 40.8. The average Bonchev–Trinajstić information content (AvgIpc) is 2.64. The van der Waals surface area contributed by atoms with Crippen molar-refractivity contribution in [1.29, 1.82) is 0 Å². The molecule has 0 saturated heterocycles. The quantitative estimate of drug-likeness (QED) is 0.324. The van der Waals surface area contributed by atoms with E-state index in [0.29, 0.717) is 31.7 Å². The lowest BCUT2D eigenvalue weighted by atomic mass is 9.96. The Hall–Kier alpha value is -2.22. The van der Waals surface area contributed by atoms with Crippen LogP contribution in [0.3, 0.4) is 0 Å². The van der Waals surface area contributed by atoms with Crippen LogP contribution in [0.1, 0.15) is 32.6 Å². The van der Waals surface area contributed by atoms with Crippen molar-refractivity contribution < 1.29 is 25.2 Å². The number of benzene rings is 3. The minimum atomic E-state index is -1.26. The molecule has 29 heavy (non-hydrogen) atoms. The van der Waals surface area contributed by atoms with Crippen LogP contribution in [0.25, 0.3) is 0 Å². The Kier molecular flexibility index (Phi) is 6.41. The minimum Gasteiger partial charge on any atom is -0.508 e. The summed E-state index contributed by atoms with van der Waals surface area (Å²) >= 11 is 12.8. The molecule has 0 radical (unpaired) electrons. The molecule has 0 bridgehead atoms. The number of aromatic carboxylic acids is 1. The Morgan fingerprint density at radius 1 is 0.793 bits per heavy atom. The zero-order chi connectivity index (χ0) is 21.3. The zero-order valence-electron chi connectivity index (χ0n) is 14.8. The SMILES string of the molecule is O=C(O)c1cc(Br)cc(Cc2cc(Cl)cc(Cc3cc(Br)ccc3O)c2O)c1O. The third-order valence-corrected chi connectivity index (χ3v) is 5.59. The van der Waals surface area contributed by atoms with Crippen LogP contribution in [-0.2, 0) is 12.8 Å². The Balaban J connectivity index is 2.02. The molecule has 0 aliphatic carbocycles. The van der Waals surface area contributed by atoms with Crippen LogP contribution in [0.15, 0.2) is 51.4 Å². The summed E-state index contributed by atoms with van der Waals surface area (Å²) in [7, 11) is 0. The smallest absolute Gasteiger partial charge is 0.339 e. The number of carbonyl (C=O) groups is 1. The molecule has 0 atom stereocenters. The van der Waals surface area contributed by atoms with Gasteiger partial charge in [-0.25, -0.2) is 4.79 Å². The summed E-state index contributed by atoms with van der Waals surface area (Å²) < 4.78 is 1.27. The number of aromatic hydroxyl groups is 3. The van der Waals surface area contributed by atoms with Gasteiger partial charge in [0.15, 0.2) is 0 Å². The average molecular weight is 543 g/mol. The van der Waals surface area contributed by atoms with Gasteiger partial charge in [0.2, 0.25) is 0 Å². The first-order valence-electron chi connectivity index (χ1n) is 8.38. The number of hydrogen-bond acceptors (Lipinski definition) is 4. The first-order valence-corrected chi connectivity index (χ1v) is 10.3. The van der Waals surface area contributed by atoms with E-state index in [4.69, 9.17) is 11.6 Å². The van der Waals surface area contributed by atoms with Gasteiger partial charge in [-0.2, -0.15) is 0 Å². The molecule has 3 aromatic carbocycles. The van der Waals surface area contributed by atoms with Crippen LogP contribution < -0.4 is 0 Å². The fourth-order valence-electron chi connectivity index (χ4n) is 3.05. The number of rotatable bonds is 5. The molecule has 0 aliphatic rings. The number of phenolic OH excluding ortho intramolecular Hbond substituents is 2. The highest BCUT2D eigenvalue weighted by atomic mass is 79.9. The predicted molar refractivity (Wildman–Crippen MR) is 117 cm³/mol. The van der Waals surface area contributed by atoms with E-state index in [0.717, 1.165) is 4.47 Å². The number of carboxylic acid groups (broad SMARTS) is 1. The van der Waals surface area contributed by atoms with Crippen molar-refractivity contribution in [2.24, 2.45) is 0 Å². The van der Waals surface area contributed by atoms with Crippen LogP contribution >= 0.6 is 43.5 Å². The van der Waals surface area contributed by atoms with Gasteiger partial charge in [0.1, 0.15) is 22.8 Å². The highest BCUT2D eigenvalue weighted by Crippen LogP contribution is 2.36. The van der Waals surface area contributed by atoms with E-state index in [1.807, 2.05) is 0 Å². The number of phenols is 3. The number of carboxylic acids is 1. The van der Waals surface area contributed by atoms with Crippen molar-refractivity contribution in [3.63, 3.8) is 0 Å². The molecule has 0 unspecified atom stereocenters. The topological polar surface area (TPSA) is 98.0 Å². The Labute approximate surface area is 188 Å². The Bertz CT molecular complexity index is 1110. The van der Waals surface area contributed by atoms with E-state index >= 15 is 0 Å². The highest BCUT2D eigenvalue weighted by Gasteiger charge is 2.18. The molecule has 0 fully saturated rings. The molecular weight excluding hydrogens is 527 g/mol. The minimum absolute atomic E-state index is 0.0370. The third-order valence-electron chi connectivity index (χ3n) is 4.42. The Morgan fingerprint density at radius 2 is 1.34 bits per heavy atom. The summed E-state index contributed by atoms with van der Waals surface area (Å²) in [5.74, 6) is -1.58. The normalized spacial score (nSPS) is 10.9. The van der Waals surface area contributed by atoms with E-state index in [-0.39, 0.29) is 35.7 Å². The summed E-state index contributed by atoms with van der Waals surface area (Å²) in [6, 6.07) is 11.1. The molecule has 3 aromatic rings. The van der Waals surface area contributed by atoms with Gasteiger partial charge in [-0.1, -0.05) is 43.5 Å². The molecule has 0 amide bonds. The van der Waals surface area contributed by atoms with Gasteiger partial charge in [-0.3, -0.25) is 0 Å². The second-order valence-corrected chi connectivity index (χ2v) is 8.73. The molecule has 150 valence electrons. The van der Waals surface area contributed by atoms with Crippen LogP contribution in [-0.4, -0.2) is 26.4 Å². The molecule has 3 rings (SSSR count). The van der Waals surface area contributed by atoms with Gasteiger partial charge in [0.05, 0.1) is 0 Å². The molecule has 0 aliphatic heterocycles. The Morgan fingerprint density at radius 3 is 1.97 bits per heavy atom. The molecule has 0 heterocycles. The molecule has 5 nitrogen and oxygen atoms in total. The maximum atomic E-state index is 11.3. The summed E-state index contributed by atoms with van der Waals surface area (Å²) in [6.45, 7) is 0. The third kappa shape index (κ3) is 4.86. The van der Waals surface area contributed by atoms with Gasteiger partial charge >= 0.3 is 5.97 Å². The summed E-state index contributed by atoms with van der Waals surface area (Å²) in [5.41, 5.74) is 1.60. The standard InChI is InChI=1S/C21H15Br2ClO5/c22-14-1-2-18(25)10(5-14)3-12-7-16(24)8-13(19(12)26)4-11-6-15(23)9-17(20(11)27)21(28)29/h1-2,5-9,25-27H,3-4H2,(H,28,29). The highest BCUT2D eigenvalue weighted by molar-refractivity contribution is 9.10. The second kappa shape index (κ2) is 8.65. The number of halogens is 3. The first kappa shape index (κ1) is 21.5. The molecule has 0 aromatic heterocycles. The van der Waals surface area contributed by atoms with Crippen LogP contribution in [0.2, 0.25) is 5.02 Å². The lowest BCUT2D eigenvalue weighted by Crippen LogP contribution is -2.01. The van der Waals surface area contributed by atoms with E-state index in [1.54, 1.807) is 36.4 Å². The summed E-state index contributed by atoms with van der Waals surface area (Å²) in [4.78, 5) is 11.3. The maximum Gasteiger partial charge on any atom is 0.339 e. The number of hydrogen-bond donors (Lipinski definition) is 4. The van der Waals surface area contributed by atoms with Crippen molar-refractivity contribution in [2.75, 3.05) is 0 Å². The summed E-state index contributed by atoms with van der Waals surface area (Å²) in [6.07, 6.45) is 0.297. The fourth-order valence-corrected chi connectivity index (χ4v) is 4.22. The molecule has 8 heteroatoms. The van der Waals surface area contributed by atoms with Crippen molar-refractivity contribution >= 4 is 49.4 Å². The second-order valence-electron chi connectivity index (χ2n) is 6.47. The van der Waals surface area contributed by atoms with E-state index in [1.165, 1.54) is 6.07 Å². The van der Waals surface area contributed by atoms with Gasteiger partial charge in [0.25, 0.3) is 0 Å². The maximum absolute atomic E-state index is 11.3. The monoisotopic (exact) mass is 540 g/mol. The van der Waals surface area contributed by atoms with E-state index < -0.39 is 5.97 Å². The molecule has 0 saturated carbocycles. The van der Waals surface area contributed by atoms with Crippen LogP contribution in [0.4, 0.5) is 0 Å². The zero-order valence-corrected chi connectivity index (χ0v) is 18.7. The van der Waals surface area contributed by atoms with Crippen molar-refractivity contribution in [3.05, 3.63) is 84.2 Å². The molecule has 0 spiro atoms. The predicted octanol–water partition coefficient (Wildman–Crippen LogP) is 5.86. The first-order chi connectivity index (χ1) is 13.7. The van der Waals surface area contributed by atoms with Crippen molar-refractivity contribution in [2.45, 2.75) is 12.8 Å². The van der Waals surface area contributed by atoms with Gasteiger partial charge in [-0.05, 0) is 48.0 Å².